The number of amides is 2. The number of cyclic esters (lactones) is 1. The molecular weight excluding hydrogens is 220 g/mol. The maximum Gasteiger partial charge on any atom is 0.417 e. The molecule has 1 fully saturated rings. The summed E-state index contributed by atoms with van der Waals surface area (Å²) in [6.45, 7) is 0.0554. The molecule has 0 bridgehead atoms. The third-order valence-corrected chi connectivity index (χ3v) is 2.72. The van der Waals surface area contributed by atoms with Gasteiger partial charge in [0.2, 0.25) is 5.91 Å². The lowest BCUT2D eigenvalue weighted by atomic mass is 10.1. The summed E-state index contributed by atoms with van der Waals surface area (Å²) in [5, 5.41) is 0. The quantitative estimate of drug-likeness (QED) is 0.828. The van der Waals surface area contributed by atoms with Crippen molar-refractivity contribution in [2.75, 3.05) is 13.2 Å². The van der Waals surface area contributed by atoms with Crippen LogP contribution in [0.25, 0.3) is 0 Å². The number of imide groups is 1. The standard InChI is InChI=1S/C12H14N2O3/c13-7-11(15)14-10(8-17-12(14)16)6-9-4-2-1-3-5-9/h1-5,10H,6-8,13H2/t10-/m0/s1. The van der Waals surface area contributed by atoms with E-state index in [1.807, 2.05) is 30.3 Å². The molecule has 1 atom stereocenters. The van der Waals surface area contributed by atoms with E-state index in [0.29, 0.717) is 6.42 Å². The fourth-order valence-electron chi connectivity index (χ4n) is 1.90. The molecule has 0 saturated carbocycles. The van der Waals surface area contributed by atoms with Crippen LogP contribution in [0.2, 0.25) is 0 Å². The molecule has 1 aliphatic rings. The van der Waals surface area contributed by atoms with Gasteiger partial charge in [0.1, 0.15) is 6.61 Å². The molecule has 5 heteroatoms. The third kappa shape index (κ3) is 2.45. The van der Waals surface area contributed by atoms with Gasteiger partial charge in [0.05, 0.1) is 12.6 Å². The second-order valence-electron chi connectivity index (χ2n) is 3.89. The first kappa shape index (κ1) is 11.6. The van der Waals surface area contributed by atoms with Gasteiger partial charge in [0.15, 0.2) is 0 Å². The largest absolute Gasteiger partial charge is 0.447 e. The predicted octanol–water partition coefficient (Wildman–Crippen LogP) is 0.535. The summed E-state index contributed by atoms with van der Waals surface area (Å²) >= 11 is 0. The van der Waals surface area contributed by atoms with Gasteiger partial charge < -0.3 is 10.5 Å². The average molecular weight is 234 g/mol. The molecule has 17 heavy (non-hydrogen) atoms. The predicted molar refractivity (Wildman–Crippen MR) is 61.2 cm³/mol. The summed E-state index contributed by atoms with van der Waals surface area (Å²) in [5.74, 6) is -0.395. The first-order valence-corrected chi connectivity index (χ1v) is 5.45. The van der Waals surface area contributed by atoms with E-state index < -0.39 is 12.0 Å². The topological polar surface area (TPSA) is 72.6 Å². The zero-order valence-corrected chi connectivity index (χ0v) is 9.33. The minimum atomic E-state index is -0.596. The average Bonchev–Trinajstić information content (AvgIpc) is 2.71. The number of nitrogens with zero attached hydrogens (tertiary/aromatic N) is 1. The van der Waals surface area contributed by atoms with Crippen LogP contribution in [0.5, 0.6) is 0 Å². The Bertz CT molecular complexity index is 419. The molecule has 0 unspecified atom stereocenters. The lowest BCUT2D eigenvalue weighted by Gasteiger charge is -2.18. The summed E-state index contributed by atoms with van der Waals surface area (Å²) < 4.78 is 4.88. The summed E-state index contributed by atoms with van der Waals surface area (Å²) in [5.41, 5.74) is 6.33. The van der Waals surface area contributed by atoms with E-state index in [4.69, 9.17) is 10.5 Å². The summed E-state index contributed by atoms with van der Waals surface area (Å²) in [6.07, 6.45) is -0.000388. The molecule has 0 radical (unpaired) electrons. The van der Waals surface area contributed by atoms with Crippen molar-refractivity contribution >= 4 is 12.0 Å². The SMILES string of the molecule is NCC(=O)N1C(=O)OC[C@@H]1Cc1ccccc1. The van der Waals surface area contributed by atoms with Crippen LogP contribution < -0.4 is 5.73 Å². The zero-order valence-electron chi connectivity index (χ0n) is 9.33. The molecule has 2 rings (SSSR count). The highest BCUT2D eigenvalue weighted by atomic mass is 16.6. The van der Waals surface area contributed by atoms with Crippen LogP contribution in [0.1, 0.15) is 5.56 Å². The first-order chi connectivity index (χ1) is 8.22. The molecule has 1 aliphatic heterocycles. The van der Waals surface area contributed by atoms with E-state index in [-0.39, 0.29) is 19.2 Å². The van der Waals surface area contributed by atoms with Crippen molar-refractivity contribution in [3.8, 4) is 0 Å². The minimum absolute atomic E-state index is 0.180. The molecule has 0 aromatic heterocycles. The number of hydrogen-bond acceptors (Lipinski definition) is 4. The highest BCUT2D eigenvalue weighted by molar-refractivity contribution is 5.94. The number of hydrogen-bond donors (Lipinski definition) is 1. The van der Waals surface area contributed by atoms with Crippen LogP contribution in [0.15, 0.2) is 30.3 Å². The number of nitrogens with two attached hydrogens (primary N) is 1. The van der Waals surface area contributed by atoms with Gasteiger partial charge in [-0.05, 0) is 12.0 Å². The van der Waals surface area contributed by atoms with Gasteiger partial charge in [-0.2, -0.15) is 0 Å². The highest BCUT2D eigenvalue weighted by Gasteiger charge is 2.36. The Morgan fingerprint density at radius 3 is 2.76 bits per heavy atom. The van der Waals surface area contributed by atoms with Crippen molar-refractivity contribution in [2.45, 2.75) is 12.5 Å². The number of benzene rings is 1. The van der Waals surface area contributed by atoms with Crippen LogP contribution in [-0.4, -0.2) is 36.1 Å². The van der Waals surface area contributed by atoms with E-state index in [0.717, 1.165) is 10.5 Å². The van der Waals surface area contributed by atoms with E-state index in [1.54, 1.807) is 0 Å². The molecule has 90 valence electrons. The van der Waals surface area contributed by atoms with Crippen LogP contribution in [0.4, 0.5) is 4.79 Å². The van der Waals surface area contributed by atoms with Crippen molar-refractivity contribution in [1.82, 2.24) is 4.90 Å². The van der Waals surface area contributed by atoms with Gasteiger partial charge in [0.25, 0.3) is 0 Å². The van der Waals surface area contributed by atoms with Gasteiger partial charge in [-0.1, -0.05) is 30.3 Å². The Kier molecular flexibility index (Phi) is 3.39. The number of carbonyl (C=O) groups is 2. The normalized spacial score (nSPS) is 19.2. The number of rotatable bonds is 3. The van der Waals surface area contributed by atoms with Crippen LogP contribution >= 0.6 is 0 Å². The van der Waals surface area contributed by atoms with Gasteiger partial charge in [-0.3, -0.25) is 4.79 Å². The number of ether oxygens (including phenoxy) is 1. The Labute approximate surface area is 99.2 Å². The van der Waals surface area contributed by atoms with Crippen molar-refractivity contribution in [3.63, 3.8) is 0 Å². The molecule has 1 aromatic rings. The lowest BCUT2D eigenvalue weighted by Crippen LogP contribution is -2.43. The fraction of sp³-hybridized carbons (Fsp3) is 0.333. The third-order valence-electron chi connectivity index (χ3n) is 2.72. The Morgan fingerprint density at radius 1 is 1.41 bits per heavy atom. The maximum atomic E-state index is 11.5. The lowest BCUT2D eigenvalue weighted by molar-refractivity contribution is -0.127. The van der Waals surface area contributed by atoms with Crippen LogP contribution in [0.3, 0.4) is 0 Å². The zero-order chi connectivity index (χ0) is 12.3. The molecule has 0 spiro atoms. The van der Waals surface area contributed by atoms with Gasteiger partial charge in [-0.25, -0.2) is 9.69 Å². The molecule has 1 aromatic carbocycles. The molecule has 1 saturated heterocycles. The van der Waals surface area contributed by atoms with Gasteiger partial charge in [0, 0.05) is 0 Å². The highest BCUT2D eigenvalue weighted by Crippen LogP contribution is 2.17. The van der Waals surface area contributed by atoms with Crippen molar-refractivity contribution < 1.29 is 14.3 Å². The molecule has 0 aliphatic carbocycles. The van der Waals surface area contributed by atoms with Gasteiger partial charge in [-0.15, -0.1) is 0 Å². The van der Waals surface area contributed by atoms with Crippen LogP contribution in [0, 0.1) is 0 Å². The number of carbonyl (C=O) groups excluding carboxylic acids is 2. The second kappa shape index (κ2) is 4.97. The van der Waals surface area contributed by atoms with Crippen molar-refractivity contribution in [3.05, 3.63) is 35.9 Å². The Hall–Kier alpha value is -1.88. The summed E-state index contributed by atoms with van der Waals surface area (Å²) in [6, 6.07) is 9.41. The summed E-state index contributed by atoms with van der Waals surface area (Å²) in [7, 11) is 0. The smallest absolute Gasteiger partial charge is 0.417 e. The fourth-order valence-corrected chi connectivity index (χ4v) is 1.90. The van der Waals surface area contributed by atoms with Gasteiger partial charge >= 0.3 is 6.09 Å². The second-order valence-corrected chi connectivity index (χ2v) is 3.89. The van der Waals surface area contributed by atoms with Crippen molar-refractivity contribution in [2.24, 2.45) is 5.73 Å². The monoisotopic (exact) mass is 234 g/mol. The molecule has 1 heterocycles. The van der Waals surface area contributed by atoms with E-state index in [9.17, 15) is 9.59 Å². The van der Waals surface area contributed by atoms with E-state index in [1.165, 1.54) is 0 Å². The maximum absolute atomic E-state index is 11.5. The minimum Gasteiger partial charge on any atom is -0.447 e. The molecule has 5 nitrogen and oxygen atoms in total. The first-order valence-electron chi connectivity index (χ1n) is 5.45. The Morgan fingerprint density at radius 2 is 2.12 bits per heavy atom. The summed E-state index contributed by atoms with van der Waals surface area (Å²) in [4.78, 5) is 24.0. The van der Waals surface area contributed by atoms with E-state index >= 15 is 0 Å². The van der Waals surface area contributed by atoms with Crippen LogP contribution in [-0.2, 0) is 16.0 Å². The molecule has 2 amide bonds. The molecule has 2 N–H and O–H groups in total. The van der Waals surface area contributed by atoms with E-state index in [2.05, 4.69) is 0 Å². The van der Waals surface area contributed by atoms with Crippen molar-refractivity contribution in [1.29, 1.82) is 0 Å². The Balaban J connectivity index is 2.10. The molecular formula is C12H14N2O3.